The van der Waals surface area contributed by atoms with Gasteiger partial charge >= 0.3 is 6.43 Å². The molecule has 0 heterocycles. The van der Waals surface area contributed by atoms with Crippen molar-refractivity contribution < 1.29 is 18.4 Å². The molecule has 1 aromatic carbocycles. The molecule has 0 aliphatic rings. The highest BCUT2D eigenvalue weighted by Crippen LogP contribution is 2.11. The number of halogens is 2. The molecule has 0 radical (unpaired) electrons. The Kier molecular flexibility index (Phi) is 3.93. The van der Waals surface area contributed by atoms with Crippen LogP contribution in [0.3, 0.4) is 0 Å². The topological polar surface area (TPSA) is 72.2 Å². The number of hydrogen-bond acceptors (Lipinski definition) is 2. The van der Waals surface area contributed by atoms with Crippen LogP contribution in [0.2, 0.25) is 0 Å². The highest BCUT2D eigenvalue weighted by molar-refractivity contribution is 5.93. The van der Waals surface area contributed by atoms with Crippen LogP contribution < -0.4 is 11.1 Å². The van der Waals surface area contributed by atoms with Crippen molar-refractivity contribution in [3.63, 3.8) is 0 Å². The van der Waals surface area contributed by atoms with Crippen LogP contribution in [0.25, 0.3) is 0 Å². The summed E-state index contributed by atoms with van der Waals surface area (Å²) in [6.45, 7) is 0. The molecule has 0 fully saturated rings. The highest BCUT2D eigenvalue weighted by atomic mass is 19.3. The summed E-state index contributed by atoms with van der Waals surface area (Å²) in [5.41, 5.74) is 5.88. The number of amides is 2. The number of anilines is 1. The normalized spacial score (nSPS) is 10.2. The summed E-state index contributed by atoms with van der Waals surface area (Å²) >= 11 is 0. The Hall–Kier alpha value is -1.98. The van der Waals surface area contributed by atoms with E-state index in [1.807, 2.05) is 5.32 Å². The molecule has 0 aromatic heterocycles. The molecule has 0 saturated carbocycles. The third kappa shape index (κ3) is 3.64. The standard InChI is InChI=1S/C10H10F2N2O2/c11-9(12)10(16)14-7-3-1-6(2-4-7)5-8(13)15/h1-4,9H,5H2,(H2,13,15)(H,14,16). The Bertz CT molecular complexity index is 390. The van der Waals surface area contributed by atoms with Gasteiger partial charge in [-0.3, -0.25) is 9.59 Å². The van der Waals surface area contributed by atoms with E-state index in [1.54, 1.807) is 0 Å². The predicted molar refractivity (Wildman–Crippen MR) is 54.0 cm³/mol. The molecule has 0 spiro atoms. The molecule has 1 aromatic rings. The summed E-state index contributed by atoms with van der Waals surface area (Å²) in [5, 5.41) is 2.02. The van der Waals surface area contributed by atoms with Crippen LogP contribution in [0.1, 0.15) is 5.56 Å². The predicted octanol–water partition coefficient (Wildman–Crippen LogP) is 0.918. The van der Waals surface area contributed by atoms with Crippen molar-refractivity contribution in [3.8, 4) is 0 Å². The Morgan fingerprint density at radius 3 is 2.25 bits per heavy atom. The summed E-state index contributed by atoms with van der Waals surface area (Å²) < 4.78 is 23.8. The van der Waals surface area contributed by atoms with Crippen molar-refractivity contribution >= 4 is 17.5 Å². The third-order valence-electron chi connectivity index (χ3n) is 1.80. The van der Waals surface area contributed by atoms with Crippen molar-refractivity contribution in [1.82, 2.24) is 0 Å². The molecule has 3 N–H and O–H groups in total. The van der Waals surface area contributed by atoms with Gasteiger partial charge in [0.2, 0.25) is 5.91 Å². The van der Waals surface area contributed by atoms with E-state index in [2.05, 4.69) is 0 Å². The molecule has 86 valence electrons. The first-order valence-electron chi connectivity index (χ1n) is 4.45. The van der Waals surface area contributed by atoms with Gasteiger partial charge in [-0.05, 0) is 17.7 Å². The highest BCUT2D eigenvalue weighted by Gasteiger charge is 2.14. The zero-order valence-electron chi connectivity index (χ0n) is 8.24. The van der Waals surface area contributed by atoms with Crippen LogP contribution in [-0.2, 0) is 16.0 Å². The lowest BCUT2D eigenvalue weighted by atomic mass is 10.1. The number of benzene rings is 1. The van der Waals surface area contributed by atoms with Crippen LogP contribution in [0.4, 0.5) is 14.5 Å². The Morgan fingerprint density at radius 2 is 1.81 bits per heavy atom. The maximum atomic E-state index is 11.9. The summed E-state index contributed by atoms with van der Waals surface area (Å²) in [6.07, 6.45) is -2.98. The van der Waals surface area contributed by atoms with Crippen molar-refractivity contribution in [3.05, 3.63) is 29.8 Å². The van der Waals surface area contributed by atoms with Gasteiger partial charge in [-0.25, -0.2) is 0 Å². The molecule has 6 heteroatoms. The van der Waals surface area contributed by atoms with Gasteiger partial charge in [-0.1, -0.05) is 12.1 Å². The average Bonchev–Trinajstić information content (AvgIpc) is 2.20. The molecule has 0 aliphatic carbocycles. The molecule has 0 saturated heterocycles. The van der Waals surface area contributed by atoms with Gasteiger partial charge in [0.15, 0.2) is 0 Å². The second-order valence-electron chi connectivity index (χ2n) is 3.13. The minimum Gasteiger partial charge on any atom is -0.369 e. The summed E-state index contributed by atoms with van der Waals surface area (Å²) in [7, 11) is 0. The van der Waals surface area contributed by atoms with E-state index in [-0.39, 0.29) is 12.1 Å². The van der Waals surface area contributed by atoms with E-state index in [9.17, 15) is 18.4 Å². The van der Waals surface area contributed by atoms with Crippen LogP contribution in [0.15, 0.2) is 24.3 Å². The summed E-state index contributed by atoms with van der Waals surface area (Å²) in [5.74, 6) is -1.84. The van der Waals surface area contributed by atoms with Gasteiger partial charge < -0.3 is 11.1 Å². The lowest BCUT2D eigenvalue weighted by molar-refractivity contribution is -0.126. The minimum absolute atomic E-state index is 0.0725. The lowest BCUT2D eigenvalue weighted by Gasteiger charge is -2.04. The summed E-state index contributed by atoms with van der Waals surface area (Å²) in [4.78, 5) is 21.2. The first-order valence-corrected chi connectivity index (χ1v) is 4.45. The number of carbonyl (C=O) groups is 2. The number of nitrogens with two attached hydrogens (primary N) is 1. The van der Waals surface area contributed by atoms with Gasteiger partial charge in [-0.2, -0.15) is 8.78 Å². The molecular formula is C10H10F2N2O2. The van der Waals surface area contributed by atoms with Gasteiger partial charge in [0.1, 0.15) is 0 Å². The molecule has 4 nitrogen and oxygen atoms in total. The number of primary amides is 1. The monoisotopic (exact) mass is 228 g/mol. The van der Waals surface area contributed by atoms with Crippen LogP contribution in [0.5, 0.6) is 0 Å². The first kappa shape index (κ1) is 12.1. The number of carbonyl (C=O) groups excluding carboxylic acids is 2. The lowest BCUT2D eigenvalue weighted by Crippen LogP contribution is -2.20. The van der Waals surface area contributed by atoms with Crippen LogP contribution in [0, 0.1) is 0 Å². The fraction of sp³-hybridized carbons (Fsp3) is 0.200. The van der Waals surface area contributed by atoms with E-state index in [0.29, 0.717) is 5.56 Å². The van der Waals surface area contributed by atoms with Gasteiger partial charge in [0, 0.05) is 5.69 Å². The molecule has 1 rings (SSSR count). The first-order chi connectivity index (χ1) is 7.49. The number of rotatable bonds is 4. The van der Waals surface area contributed by atoms with Gasteiger partial charge in [-0.15, -0.1) is 0 Å². The quantitative estimate of drug-likeness (QED) is 0.804. The van der Waals surface area contributed by atoms with Crippen molar-refractivity contribution in [2.24, 2.45) is 5.73 Å². The van der Waals surface area contributed by atoms with Crippen molar-refractivity contribution in [2.45, 2.75) is 12.8 Å². The van der Waals surface area contributed by atoms with E-state index in [1.165, 1.54) is 24.3 Å². The molecule has 16 heavy (non-hydrogen) atoms. The Morgan fingerprint density at radius 1 is 1.25 bits per heavy atom. The zero-order valence-corrected chi connectivity index (χ0v) is 8.24. The van der Waals surface area contributed by atoms with Gasteiger partial charge in [0.25, 0.3) is 5.91 Å². The number of nitrogens with one attached hydrogen (secondary N) is 1. The fourth-order valence-corrected chi connectivity index (χ4v) is 1.10. The van der Waals surface area contributed by atoms with E-state index in [0.717, 1.165) is 0 Å². The minimum atomic E-state index is -3.05. The molecule has 0 bridgehead atoms. The van der Waals surface area contributed by atoms with Crippen molar-refractivity contribution in [2.75, 3.05) is 5.32 Å². The SMILES string of the molecule is NC(=O)Cc1ccc(NC(=O)C(F)F)cc1. The molecule has 2 amide bonds. The van der Waals surface area contributed by atoms with Crippen LogP contribution in [-0.4, -0.2) is 18.2 Å². The van der Waals surface area contributed by atoms with Gasteiger partial charge in [0.05, 0.1) is 6.42 Å². The van der Waals surface area contributed by atoms with E-state index in [4.69, 9.17) is 5.73 Å². The maximum Gasteiger partial charge on any atom is 0.315 e. The Balaban J connectivity index is 2.64. The molecule has 0 atom stereocenters. The summed E-state index contributed by atoms with van der Waals surface area (Å²) in [6, 6.07) is 5.93. The second-order valence-corrected chi connectivity index (χ2v) is 3.13. The maximum absolute atomic E-state index is 11.9. The zero-order chi connectivity index (χ0) is 12.1. The molecule has 0 unspecified atom stereocenters. The second kappa shape index (κ2) is 5.20. The fourth-order valence-electron chi connectivity index (χ4n) is 1.10. The van der Waals surface area contributed by atoms with Crippen molar-refractivity contribution in [1.29, 1.82) is 0 Å². The molecular weight excluding hydrogens is 218 g/mol. The largest absolute Gasteiger partial charge is 0.369 e. The van der Waals surface area contributed by atoms with Crippen LogP contribution >= 0.6 is 0 Å². The number of hydrogen-bond donors (Lipinski definition) is 2. The average molecular weight is 228 g/mol. The smallest absolute Gasteiger partial charge is 0.315 e. The molecule has 0 aliphatic heterocycles. The number of alkyl halides is 2. The third-order valence-corrected chi connectivity index (χ3v) is 1.80. The van der Waals surface area contributed by atoms with E-state index < -0.39 is 18.2 Å². The van der Waals surface area contributed by atoms with E-state index >= 15 is 0 Å². The Labute approximate surface area is 90.4 Å².